The van der Waals surface area contributed by atoms with Gasteiger partial charge in [-0.2, -0.15) is 0 Å². The zero-order chi connectivity index (χ0) is 13.2. The van der Waals surface area contributed by atoms with E-state index in [1.54, 1.807) is 12.1 Å². The molecule has 0 unspecified atom stereocenters. The molecule has 100 valence electrons. The highest BCUT2D eigenvalue weighted by Gasteiger charge is 2.16. The highest BCUT2D eigenvalue weighted by atomic mass is 16.6. The van der Waals surface area contributed by atoms with Crippen LogP contribution in [0.15, 0.2) is 18.2 Å². The maximum Gasteiger partial charge on any atom is 0.271 e. The third kappa shape index (κ3) is 2.59. The number of nitrogens with one attached hydrogen (secondary N) is 1. The summed E-state index contributed by atoms with van der Waals surface area (Å²) in [6, 6.07) is 4.79. The number of aromatic amines is 1. The van der Waals surface area contributed by atoms with Crippen LogP contribution in [-0.2, 0) is 6.42 Å². The Morgan fingerprint density at radius 2 is 2.11 bits per heavy atom. The third-order valence-electron chi connectivity index (χ3n) is 3.93. The maximum atomic E-state index is 10.7. The van der Waals surface area contributed by atoms with E-state index >= 15 is 0 Å². The fourth-order valence-electron chi connectivity index (χ4n) is 2.93. The first-order valence-electron chi connectivity index (χ1n) is 6.85. The van der Waals surface area contributed by atoms with E-state index in [9.17, 15) is 10.1 Å². The van der Waals surface area contributed by atoms with Crippen molar-refractivity contribution in [3.05, 3.63) is 34.1 Å². The molecular formula is C14H17N3O2. The van der Waals surface area contributed by atoms with E-state index in [1.165, 1.54) is 38.2 Å². The van der Waals surface area contributed by atoms with Crippen molar-refractivity contribution in [2.75, 3.05) is 0 Å². The van der Waals surface area contributed by atoms with Gasteiger partial charge in [-0.1, -0.05) is 32.1 Å². The van der Waals surface area contributed by atoms with Crippen LogP contribution in [0.1, 0.15) is 37.9 Å². The van der Waals surface area contributed by atoms with Crippen LogP contribution in [0.3, 0.4) is 0 Å². The van der Waals surface area contributed by atoms with Gasteiger partial charge in [0.1, 0.15) is 5.82 Å². The molecule has 0 saturated heterocycles. The highest BCUT2D eigenvalue weighted by molar-refractivity contribution is 5.77. The van der Waals surface area contributed by atoms with Gasteiger partial charge in [-0.05, 0) is 12.0 Å². The molecule has 5 heteroatoms. The molecule has 1 aliphatic carbocycles. The SMILES string of the molecule is O=[N+]([O-])c1ccc2nc(CC3CCCCC3)[nH]c2c1. The van der Waals surface area contributed by atoms with Gasteiger partial charge in [-0.25, -0.2) is 4.98 Å². The molecule has 2 aromatic rings. The minimum absolute atomic E-state index is 0.111. The lowest BCUT2D eigenvalue weighted by Crippen LogP contribution is -2.10. The van der Waals surface area contributed by atoms with Crippen LogP contribution in [0.2, 0.25) is 0 Å². The fourth-order valence-corrected chi connectivity index (χ4v) is 2.93. The topological polar surface area (TPSA) is 71.8 Å². The average molecular weight is 259 g/mol. The Bertz CT molecular complexity index is 600. The first kappa shape index (κ1) is 12.1. The first-order valence-corrected chi connectivity index (χ1v) is 6.85. The number of rotatable bonds is 3. The summed E-state index contributed by atoms with van der Waals surface area (Å²) in [6.07, 6.45) is 7.49. The molecule has 0 bridgehead atoms. The van der Waals surface area contributed by atoms with E-state index in [2.05, 4.69) is 9.97 Å². The second-order valence-electron chi connectivity index (χ2n) is 5.35. The van der Waals surface area contributed by atoms with Crippen LogP contribution in [0, 0.1) is 16.0 Å². The average Bonchev–Trinajstić information content (AvgIpc) is 2.80. The van der Waals surface area contributed by atoms with Gasteiger partial charge in [0, 0.05) is 18.6 Å². The lowest BCUT2D eigenvalue weighted by atomic mass is 9.87. The summed E-state index contributed by atoms with van der Waals surface area (Å²) in [5.41, 5.74) is 1.69. The third-order valence-corrected chi connectivity index (χ3v) is 3.93. The van der Waals surface area contributed by atoms with Gasteiger partial charge in [0.2, 0.25) is 0 Å². The predicted molar refractivity (Wildman–Crippen MR) is 73.0 cm³/mol. The maximum absolute atomic E-state index is 10.7. The van der Waals surface area contributed by atoms with Crippen molar-refractivity contribution in [1.82, 2.24) is 9.97 Å². The molecule has 0 spiro atoms. The zero-order valence-corrected chi connectivity index (χ0v) is 10.8. The Hall–Kier alpha value is -1.91. The summed E-state index contributed by atoms with van der Waals surface area (Å²) in [4.78, 5) is 18.1. The molecule has 0 amide bonds. The van der Waals surface area contributed by atoms with Crippen molar-refractivity contribution in [2.45, 2.75) is 38.5 Å². The summed E-state index contributed by atoms with van der Waals surface area (Å²) in [5.74, 6) is 1.67. The molecule has 1 aromatic carbocycles. The van der Waals surface area contributed by atoms with Crippen molar-refractivity contribution in [1.29, 1.82) is 0 Å². The first-order chi connectivity index (χ1) is 9.22. The molecule has 1 saturated carbocycles. The summed E-state index contributed by atoms with van der Waals surface area (Å²) < 4.78 is 0. The van der Waals surface area contributed by atoms with Crippen LogP contribution in [-0.4, -0.2) is 14.9 Å². The molecule has 1 aliphatic rings. The Morgan fingerprint density at radius 3 is 2.84 bits per heavy atom. The summed E-state index contributed by atoms with van der Waals surface area (Å²) in [7, 11) is 0. The van der Waals surface area contributed by atoms with Gasteiger partial charge in [0.05, 0.1) is 16.0 Å². The van der Waals surface area contributed by atoms with E-state index in [0.717, 1.165) is 23.3 Å². The second kappa shape index (κ2) is 4.99. The summed E-state index contributed by atoms with van der Waals surface area (Å²) in [5, 5.41) is 10.7. The lowest BCUT2D eigenvalue weighted by molar-refractivity contribution is -0.384. The van der Waals surface area contributed by atoms with Crippen molar-refractivity contribution in [2.24, 2.45) is 5.92 Å². The number of hydrogen-bond acceptors (Lipinski definition) is 3. The molecule has 1 fully saturated rings. The molecular weight excluding hydrogens is 242 g/mol. The highest BCUT2D eigenvalue weighted by Crippen LogP contribution is 2.27. The van der Waals surface area contributed by atoms with Crippen LogP contribution < -0.4 is 0 Å². The number of nitrogens with zero attached hydrogens (tertiary/aromatic N) is 2. The van der Waals surface area contributed by atoms with E-state index in [1.807, 2.05) is 0 Å². The molecule has 5 nitrogen and oxygen atoms in total. The van der Waals surface area contributed by atoms with Gasteiger partial charge in [0.15, 0.2) is 0 Å². The van der Waals surface area contributed by atoms with Crippen molar-refractivity contribution in [3.63, 3.8) is 0 Å². The fraction of sp³-hybridized carbons (Fsp3) is 0.500. The van der Waals surface area contributed by atoms with E-state index in [0.29, 0.717) is 5.92 Å². The number of hydrogen-bond donors (Lipinski definition) is 1. The molecule has 3 rings (SSSR count). The number of aromatic nitrogens is 2. The Labute approximate surface area is 111 Å². The molecule has 0 atom stereocenters. The van der Waals surface area contributed by atoms with Crippen molar-refractivity contribution in [3.8, 4) is 0 Å². The molecule has 19 heavy (non-hydrogen) atoms. The van der Waals surface area contributed by atoms with E-state index < -0.39 is 0 Å². The van der Waals surface area contributed by atoms with Crippen molar-refractivity contribution >= 4 is 16.7 Å². The van der Waals surface area contributed by atoms with Gasteiger partial charge >= 0.3 is 0 Å². The molecule has 0 aliphatic heterocycles. The zero-order valence-electron chi connectivity index (χ0n) is 10.8. The number of H-pyrrole nitrogens is 1. The number of fused-ring (bicyclic) bond motifs is 1. The van der Waals surface area contributed by atoms with E-state index in [4.69, 9.17) is 0 Å². The quantitative estimate of drug-likeness (QED) is 0.676. The Balaban J connectivity index is 1.82. The van der Waals surface area contributed by atoms with Crippen LogP contribution in [0.25, 0.3) is 11.0 Å². The molecule has 1 heterocycles. The standard InChI is InChI=1S/C14H17N3O2/c18-17(19)11-6-7-12-13(9-11)16-14(15-12)8-10-4-2-1-3-5-10/h6-7,9-10H,1-5,8H2,(H,15,16). The van der Waals surface area contributed by atoms with Gasteiger partial charge in [0.25, 0.3) is 5.69 Å². The van der Waals surface area contributed by atoms with Gasteiger partial charge in [-0.3, -0.25) is 10.1 Å². The number of benzene rings is 1. The molecule has 1 N–H and O–H groups in total. The minimum Gasteiger partial charge on any atom is -0.342 e. The summed E-state index contributed by atoms with van der Waals surface area (Å²) in [6.45, 7) is 0. The number of nitro benzene ring substituents is 1. The second-order valence-corrected chi connectivity index (χ2v) is 5.35. The lowest BCUT2D eigenvalue weighted by Gasteiger charge is -2.20. The van der Waals surface area contributed by atoms with Crippen LogP contribution in [0.4, 0.5) is 5.69 Å². The van der Waals surface area contributed by atoms with Gasteiger partial charge < -0.3 is 4.98 Å². The predicted octanol–water partition coefficient (Wildman–Crippen LogP) is 3.59. The van der Waals surface area contributed by atoms with Gasteiger partial charge in [-0.15, -0.1) is 0 Å². The minimum atomic E-state index is -0.374. The van der Waals surface area contributed by atoms with Crippen molar-refractivity contribution < 1.29 is 4.92 Å². The van der Waals surface area contributed by atoms with Crippen LogP contribution >= 0.6 is 0 Å². The molecule has 1 aromatic heterocycles. The smallest absolute Gasteiger partial charge is 0.271 e. The Kier molecular flexibility index (Phi) is 3.19. The summed E-state index contributed by atoms with van der Waals surface area (Å²) >= 11 is 0. The number of nitro groups is 1. The number of imidazole rings is 1. The molecule has 0 radical (unpaired) electrons. The largest absolute Gasteiger partial charge is 0.342 e. The normalized spacial score (nSPS) is 16.8. The Morgan fingerprint density at radius 1 is 1.32 bits per heavy atom. The monoisotopic (exact) mass is 259 g/mol. The van der Waals surface area contributed by atoms with Crippen LogP contribution in [0.5, 0.6) is 0 Å². The van der Waals surface area contributed by atoms with E-state index in [-0.39, 0.29) is 10.6 Å². The number of non-ortho nitro benzene ring substituents is 1.